The van der Waals surface area contributed by atoms with Gasteiger partial charge in [0.15, 0.2) is 0 Å². The third-order valence-corrected chi connectivity index (χ3v) is 5.38. The van der Waals surface area contributed by atoms with Gasteiger partial charge in [-0.3, -0.25) is 0 Å². The van der Waals surface area contributed by atoms with Crippen LogP contribution in [0.15, 0.2) is 24.3 Å². The predicted octanol–water partition coefficient (Wildman–Crippen LogP) is 7.41. The lowest BCUT2D eigenvalue weighted by Gasteiger charge is -2.04. The van der Waals surface area contributed by atoms with Crippen LogP contribution in [0, 0.1) is 5.82 Å². The minimum atomic E-state index is -0.0409. The third-order valence-electron chi connectivity index (χ3n) is 4.40. The molecule has 0 nitrogen and oxygen atoms in total. The number of hydrogen-bond donors (Lipinski definition) is 0. The van der Waals surface area contributed by atoms with Crippen molar-refractivity contribution in [3.63, 3.8) is 0 Å². The second-order valence-electron chi connectivity index (χ2n) is 6.43. The Bertz CT molecular complexity index is 378. The molecular formula is C21H35FS. The molecule has 1 aromatic carbocycles. The second-order valence-corrected chi connectivity index (χ2v) is 7.82. The molecule has 0 aliphatic rings. The molecule has 0 fully saturated rings. The highest BCUT2D eigenvalue weighted by molar-refractivity contribution is 7.99. The zero-order valence-corrected chi connectivity index (χ0v) is 15.8. The van der Waals surface area contributed by atoms with Crippen LogP contribution in [0.4, 0.5) is 4.39 Å². The van der Waals surface area contributed by atoms with Crippen LogP contribution in [0.2, 0.25) is 0 Å². The first-order valence-corrected chi connectivity index (χ1v) is 10.8. The summed E-state index contributed by atoms with van der Waals surface area (Å²) in [6.07, 6.45) is 15.8. The van der Waals surface area contributed by atoms with Gasteiger partial charge in [-0.1, -0.05) is 82.9 Å². The molecule has 0 aliphatic heterocycles. The van der Waals surface area contributed by atoms with Crippen LogP contribution >= 0.6 is 11.8 Å². The van der Waals surface area contributed by atoms with Crippen molar-refractivity contribution < 1.29 is 4.39 Å². The lowest BCUT2D eigenvalue weighted by Crippen LogP contribution is -1.90. The summed E-state index contributed by atoms with van der Waals surface area (Å²) in [7, 11) is 0. The van der Waals surface area contributed by atoms with E-state index in [1.165, 1.54) is 75.7 Å². The molecule has 1 aromatic rings. The Morgan fingerprint density at radius 2 is 1.26 bits per heavy atom. The Morgan fingerprint density at radius 3 is 1.83 bits per heavy atom. The van der Waals surface area contributed by atoms with Crippen molar-refractivity contribution in [1.29, 1.82) is 0 Å². The largest absolute Gasteiger partial charge is 0.207 e. The summed E-state index contributed by atoms with van der Waals surface area (Å²) in [5.74, 6) is 2.57. The molecule has 0 aliphatic carbocycles. The monoisotopic (exact) mass is 338 g/mol. The SMILES string of the molecule is CCSCCCCCCCCCCCCCc1ccccc1F. The summed E-state index contributed by atoms with van der Waals surface area (Å²) >= 11 is 2.07. The maximum atomic E-state index is 13.5. The first-order valence-electron chi connectivity index (χ1n) is 9.65. The van der Waals surface area contributed by atoms with Gasteiger partial charge >= 0.3 is 0 Å². The van der Waals surface area contributed by atoms with Crippen molar-refractivity contribution >= 4 is 11.8 Å². The lowest BCUT2D eigenvalue weighted by molar-refractivity contribution is 0.546. The molecule has 0 N–H and O–H groups in total. The number of unbranched alkanes of at least 4 members (excludes halogenated alkanes) is 10. The summed E-state index contributed by atoms with van der Waals surface area (Å²) in [6.45, 7) is 2.24. The van der Waals surface area contributed by atoms with Crippen molar-refractivity contribution in [3.05, 3.63) is 35.6 Å². The van der Waals surface area contributed by atoms with E-state index in [2.05, 4.69) is 18.7 Å². The van der Waals surface area contributed by atoms with Gasteiger partial charge in [-0.05, 0) is 42.4 Å². The predicted molar refractivity (Wildman–Crippen MR) is 104 cm³/mol. The lowest BCUT2D eigenvalue weighted by atomic mass is 10.0. The number of benzene rings is 1. The molecule has 0 aromatic heterocycles. The summed E-state index contributed by atoms with van der Waals surface area (Å²) in [4.78, 5) is 0. The third kappa shape index (κ3) is 11.6. The van der Waals surface area contributed by atoms with Gasteiger partial charge in [-0.15, -0.1) is 0 Å². The standard InChI is InChI=1S/C21H35FS/c1-2-23-19-15-11-9-7-5-3-4-6-8-10-12-16-20-17-13-14-18-21(20)22/h13-14,17-18H,2-12,15-16,19H2,1H3. The Morgan fingerprint density at radius 1 is 0.739 bits per heavy atom. The van der Waals surface area contributed by atoms with E-state index in [9.17, 15) is 4.39 Å². The zero-order valence-electron chi connectivity index (χ0n) is 15.0. The van der Waals surface area contributed by atoms with E-state index >= 15 is 0 Å². The van der Waals surface area contributed by atoms with Gasteiger partial charge < -0.3 is 0 Å². The van der Waals surface area contributed by atoms with E-state index in [0.29, 0.717) is 0 Å². The highest BCUT2D eigenvalue weighted by Crippen LogP contribution is 2.14. The van der Waals surface area contributed by atoms with Crippen LogP contribution < -0.4 is 0 Å². The molecule has 23 heavy (non-hydrogen) atoms. The molecule has 0 saturated carbocycles. The Kier molecular flexibility index (Phi) is 13.4. The Labute approximate surface area is 147 Å². The molecule has 0 saturated heterocycles. The molecule has 0 unspecified atom stereocenters. The summed E-state index contributed by atoms with van der Waals surface area (Å²) in [6, 6.07) is 7.18. The smallest absolute Gasteiger partial charge is 0.126 e. The van der Waals surface area contributed by atoms with E-state index in [1.54, 1.807) is 12.1 Å². The fraction of sp³-hybridized carbons (Fsp3) is 0.714. The normalized spacial score (nSPS) is 11.0. The summed E-state index contributed by atoms with van der Waals surface area (Å²) in [5, 5.41) is 0. The topological polar surface area (TPSA) is 0 Å². The van der Waals surface area contributed by atoms with Gasteiger partial charge in [0.05, 0.1) is 0 Å². The molecule has 0 amide bonds. The zero-order chi connectivity index (χ0) is 16.6. The van der Waals surface area contributed by atoms with E-state index in [-0.39, 0.29) is 5.82 Å². The molecule has 0 spiro atoms. The van der Waals surface area contributed by atoms with Gasteiger partial charge in [0.25, 0.3) is 0 Å². The van der Waals surface area contributed by atoms with Crippen molar-refractivity contribution in [2.45, 2.75) is 84.0 Å². The number of halogens is 1. The maximum Gasteiger partial charge on any atom is 0.126 e. The van der Waals surface area contributed by atoms with Crippen LogP contribution in [0.5, 0.6) is 0 Å². The van der Waals surface area contributed by atoms with Crippen molar-refractivity contribution in [1.82, 2.24) is 0 Å². The van der Waals surface area contributed by atoms with Gasteiger partial charge in [-0.25, -0.2) is 4.39 Å². The second kappa shape index (κ2) is 15.1. The van der Waals surface area contributed by atoms with E-state index < -0.39 is 0 Å². The minimum absolute atomic E-state index is 0.0409. The minimum Gasteiger partial charge on any atom is -0.207 e. The van der Waals surface area contributed by atoms with Gasteiger partial charge in [0.2, 0.25) is 0 Å². The van der Waals surface area contributed by atoms with E-state index in [1.807, 2.05) is 12.1 Å². The fourth-order valence-electron chi connectivity index (χ4n) is 2.96. The highest BCUT2D eigenvalue weighted by atomic mass is 32.2. The van der Waals surface area contributed by atoms with Crippen LogP contribution in [0.25, 0.3) is 0 Å². The average Bonchev–Trinajstić information content (AvgIpc) is 2.57. The van der Waals surface area contributed by atoms with Crippen molar-refractivity contribution in [2.75, 3.05) is 11.5 Å². The van der Waals surface area contributed by atoms with Crippen molar-refractivity contribution in [3.8, 4) is 0 Å². The fourth-order valence-corrected chi connectivity index (χ4v) is 3.65. The number of rotatable bonds is 15. The first-order chi connectivity index (χ1) is 11.3. The van der Waals surface area contributed by atoms with Gasteiger partial charge in [-0.2, -0.15) is 11.8 Å². The van der Waals surface area contributed by atoms with E-state index in [4.69, 9.17) is 0 Å². The van der Waals surface area contributed by atoms with Crippen LogP contribution in [-0.2, 0) is 6.42 Å². The summed E-state index contributed by atoms with van der Waals surface area (Å²) in [5.41, 5.74) is 0.879. The van der Waals surface area contributed by atoms with Crippen LogP contribution in [-0.4, -0.2) is 11.5 Å². The van der Waals surface area contributed by atoms with E-state index in [0.717, 1.165) is 18.4 Å². The van der Waals surface area contributed by atoms with Crippen LogP contribution in [0.1, 0.15) is 83.1 Å². The van der Waals surface area contributed by atoms with Crippen LogP contribution in [0.3, 0.4) is 0 Å². The molecule has 1 rings (SSSR count). The molecule has 2 heteroatoms. The molecule has 0 atom stereocenters. The van der Waals surface area contributed by atoms with Gasteiger partial charge in [0, 0.05) is 0 Å². The summed E-state index contributed by atoms with van der Waals surface area (Å²) < 4.78 is 13.5. The molecule has 0 heterocycles. The Balaban J connectivity index is 1.79. The maximum absolute atomic E-state index is 13.5. The average molecular weight is 339 g/mol. The number of hydrogen-bond acceptors (Lipinski definition) is 1. The molecule has 0 bridgehead atoms. The number of aryl methyl sites for hydroxylation is 1. The number of thioether (sulfide) groups is 1. The van der Waals surface area contributed by atoms with Crippen molar-refractivity contribution in [2.24, 2.45) is 0 Å². The molecule has 132 valence electrons. The highest BCUT2D eigenvalue weighted by Gasteiger charge is 2.00. The quantitative estimate of drug-likeness (QED) is 0.300. The molecule has 0 radical (unpaired) electrons. The molecular weight excluding hydrogens is 303 g/mol. The first kappa shape index (κ1) is 20.5. The Hall–Kier alpha value is -0.500. The van der Waals surface area contributed by atoms with Gasteiger partial charge in [0.1, 0.15) is 5.82 Å².